The van der Waals surface area contributed by atoms with E-state index in [1.165, 1.54) is 6.08 Å². The second-order valence-electron chi connectivity index (χ2n) is 8.00. The van der Waals surface area contributed by atoms with Gasteiger partial charge in [0.15, 0.2) is 0 Å². The van der Waals surface area contributed by atoms with E-state index in [-0.39, 0.29) is 6.04 Å². The first kappa shape index (κ1) is 20.8. The highest BCUT2D eigenvalue weighted by molar-refractivity contribution is 6.01. The largest absolute Gasteiger partial charge is 0.397 e. The number of ether oxygens (including phenoxy) is 1. The molecular weight excluding hydrogens is 414 g/mol. The summed E-state index contributed by atoms with van der Waals surface area (Å²) >= 11 is 0. The van der Waals surface area contributed by atoms with E-state index in [4.69, 9.17) is 20.9 Å². The van der Waals surface area contributed by atoms with Crippen molar-refractivity contribution < 1.29 is 4.74 Å². The SMILES string of the molecule is C[C@@H]1COCCN1c1cc(-c2cnn(-c3ccccc3)c2)c2ccnc(/C(N)=C/C=N)c2n1. The minimum Gasteiger partial charge on any atom is -0.397 e. The summed E-state index contributed by atoms with van der Waals surface area (Å²) in [4.78, 5) is 11.7. The Bertz CT molecular complexity index is 1330. The summed E-state index contributed by atoms with van der Waals surface area (Å²) in [6.45, 7) is 4.19. The third kappa shape index (κ3) is 3.96. The lowest BCUT2D eigenvalue weighted by molar-refractivity contribution is 0.0986. The lowest BCUT2D eigenvalue weighted by atomic mass is 10.0. The van der Waals surface area contributed by atoms with Gasteiger partial charge in [-0.1, -0.05) is 18.2 Å². The van der Waals surface area contributed by atoms with Gasteiger partial charge in [-0.2, -0.15) is 5.10 Å². The number of nitrogens with one attached hydrogen (secondary N) is 1. The molecule has 1 fully saturated rings. The molecule has 0 aliphatic carbocycles. The van der Waals surface area contributed by atoms with Crippen molar-refractivity contribution in [1.29, 1.82) is 5.41 Å². The molecule has 3 aromatic heterocycles. The Kier molecular flexibility index (Phi) is 5.58. The fraction of sp³-hybridized carbons (Fsp3) is 0.200. The molecular formula is C25H25N7O. The van der Waals surface area contributed by atoms with Crippen LogP contribution in [-0.4, -0.2) is 51.8 Å². The number of nitrogens with two attached hydrogens (primary N) is 1. The molecule has 1 saturated heterocycles. The highest BCUT2D eigenvalue weighted by Crippen LogP contribution is 2.34. The van der Waals surface area contributed by atoms with E-state index < -0.39 is 0 Å². The number of hydrogen-bond acceptors (Lipinski definition) is 7. The maximum Gasteiger partial charge on any atom is 0.130 e. The van der Waals surface area contributed by atoms with Gasteiger partial charge in [0, 0.05) is 36.1 Å². The third-order valence-electron chi connectivity index (χ3n) is 5.83. The minimum atomic E-state index is 0.193. The van der Waals surface area contributed by atoms with Crippen LogP contribution in [0.15, 0.2) is 67.1 Å². The van der Waals surface area contributed by atoms with Crippen LogP contribution in [0.2, 0.25) is 0 Å². The Morgan fingerprint density at radius 3 is 2.88 bits per heavy atom. The number of benzene rings is 1. The number of allylic oxidation sites excluding steroid dienone is 1. The van der Waals surface area contributed by atoms with E-state index in [9.17, 15) is 0 Å². The van der Waals surface area contributed by atoms with Gasteiger partial charge in [-0.05, 0) is 42.8 Å². The van der Waals surface area contributed by atoms with Gasteiger partial charge in [0.1, 0.15) is 17.0 Å². The zero-order valence-electron chi connectivity index (χ0n) is 18.3. The van der Waals surface area contributed by atoms with Gasteiger partial charge in [0.25, 0.3) is 0 Å². The molecule has 4 heterocycles. The van der Waals surface area contributed by atoms with Crippen LogP contribution >= 0.6 is 0 Å². The predicted molar refractivity (Wildman–Crippen MR) is 131 cm³/mol. The van der Waals surface area contributed by atoms with Gasteiger partial charge in [0.05, 0.1) is 36.8 Å². The summed E-state index contributed by atoms with van der Waals surface area (Å²) in [6, 6.07) is 14.3. The van der Waals surface area contributed by atoms with Crippen molar-refractivity contribution in [2.75, 3.05) is 24.7 Å². The molecule has 1 aromatic carbocycles. The number of hydrogen-bond donors (Lipinski definition) is 2. The Balaban J connectivity index is 1.72. The van der Waals surface area contributed by atoms with Crippen molar-refractivity contribution >= 4 is 28.6 Å². The second kappa shape index (κ2) is 8.84. The molecule has 0 saturated carbocycles. The standard InChI is InChI=1S/C25H25N7O/c1-17-16-33-12-11-31(17)23-13-21(18-14-29-32(15-18)19-5-3-2-4-6-19)20-8-10-28-25(24(20)30-23)22(27)7-9-26/h2-10,13-15,17,26H,11-12,16,27H2,1H3/b22-7-,26-9?/t17-/m1/s1. The smallest absolute Gasteiger partial charge is 0.130 e. The molecule has 0 bridgehead atoms. The van der Waals surface area contributed by atoms with Crippen LogP contribution in [0.5, 0.6) is 0 Å². The van der Waals surface area contributed by atoms with Crippen molar-refractivity contribution in [2.45, 2.75) is 13.0 Å². The fourth-order valence-corrected chi connectivity index (χ4v) is 4.16. The molecule has 0 amide bonds. The Labute approximate surface area is 191 Å². The molecule has 0 spiro atoms. The van der Waals surface area contributed by atoms with E-state index in [0.29, 0.717) is 30.1 Å². The summed E-state index contributed by atoms with van der Waals surface area (Å²) in [6.07, 6.45) is 8.31. The van der Waals surface area contributed by atoms with Gasteiger partial charge in [-0.3, -0.25) is 4.98 Å². The van der Waals surface area contributed by atoms with Gasteiger partial charge >= 0.3 is 0 Å². The lowest BCUT2D eigenvalue weighted by Crippen LogP contribution is -2.44. The summed E-state index contributed by atoms with van der Waals surface area (Å²) in [7, 11) is 0. The summed E-state index contributed by atoms with van der Waals surface area (Å²) in [5.74, 6) is 0.845. The Hall–Kier alpha value is -4.04. The zero-order valence-corrected chi connectivity index (χ0v) is 18.3. The van der Waals surface area contributed by atoms with E-state index in [1.807, 2.05) is 53.5 Å². The van der Waals surface area contributed by atoms with E-state index in [1.54, 1.807) is 6.20 Å². The van der Waals surface area contributed by atoms with Gasteiger partial charge in [-0.25, -0.2) is 9.67 Å². The second-order valence-corrected chi connectivity index (χ2v) is 8.00. The van der Waals surface area contributed by atoms with E-state index in [0.717, 1.165) is 40.8 Å². The molecule has 1 atom stereocenters. The number of para-hydroxylation sites is 1. The topological polar surface area (TPSA) is 106 Å². The predicted octanol–water partition coefficient (Wildman–Crippen LogP) is 3.66. The maximum absolute atomic E-state index is 7.42. The van der Waals surface area contributed by atoms with E-state index in [2.05, 4.69) is 28.0 Å². The van der Waals surface area contributed by atoms with Gasteiger partial charge in [-0.15, -0.1) is 0 Å². The third-order valence-corrected chi connectivity index (χ3v) is 5.83. The average molecular weight is 440 g/mol. The number of anilines is 1. The quantitative estimate of drug-likeness (QED) is 0.460. The van der Waals surface area contributed by atoms with Crippen LogP contribution in [0.4, 0.5) is 5.82 Å². The Morgan fingerprint density at radius 1 is 1.24 bits per heavy atom. The fourth-order valence-electron chi connectivity index (χ4n) is 4.16. The van der Waals surface area contributed by atoms with Gasteiger partial charge < -0.3 is 20.8 Å². The number of nitrogens with zero attached hydrogens (tertiary/aromatic N) is 5. The maximum atomic E-state index is 7.42. The minimum absolute atomic E-state index is 0.193. The molecule has 166 valence electrons. The summed E-state index contributed by atoms with van der Waals surface area (Å²) in [5.41, 5.74) is 10.9. The van der Waals surface area contributed by atoms with Crippen molar-refractivity contribution in [3.8, 4) is 16.8 Å². The molecule has 5 rings (SSSR count). The first-order chi connectivity index (χ1) is 16.2. The van der Waals surface area contributed by atoms with Crippen LogP contribution in [0.1, 0.15) is 12.6 Å². The van der Waals surface area contributed by atoms with Gasteiger partial charge in [0.2, 0.25) is 0 Å². The van der Waals surface area contributed by atoms with Crippen LogP contribution in [0, 0.1) is 5.41 Å². The highest BCUT2D eigenvalue weighted by Gasteiger charge is 2.23. The number of rotatable bonds is 5. The Morgan fingerprint density at radius 2 is 2.09 bits per heavy atom. The molecule has 4 aromatic rings. The van der Waals surface area contributed by atoms with E-state index >= 15 is 0 Å². The van der Waals surface area contributed by atoms with Crippen LogP contribution in [0.25, 0.3) is 33.4 Å². The monoisotopic (exact) mass is 439 g/mol. The average Bonchev–Trinajstić information content (AvgIpc) is 3.34. The molecule has 0 radical (unpaired) electrons. The summed E-state index contributed by atoms with van der Waals surface area (Å²) < 4.78 is 7.50. The molecule has 33 heavy (non-hydrogen) atoms. The van der Waals surface area contributed by atoms with Crippen LogP contribution in [0.3, 0.4) is 0 Å². The number of morpholine rings is 1. The molecule has 0 unspecified atom stereocenters. The summed E-state index contributed by atoms with van der Waals surface area (Å²) in [5, 5.41) is 12.9. The van der Waals surface area contributed by atoms with Crippen molar-refractivity contribution in [1.82, 2.24) is 19.7 Å². The first-order valence-corrected chi connectivity index (χ1v) is 10.9. The van der Waals surface area contributed by atoms with Crippen molar-refractivity contribution in [3.63, 3.8) is 0 Å². The molecule has 1 aliphatic rings. The molecule has 3 N–H and O–H groups in total. The highest BCUT2D eigenvalue weighted by atomic mass is 16.5. The number of fused-ring (bicyclic) bond motifs is 1. The molecule has 1 aliphatic heterocycles. The van der Waals surface area contributed by atoms with Crippen LogP contribution < -0.4 is 10.6 Å². The first-order valence-electron chi connectivity index (χ1n) is 10.9. The normalized spacial score (nSPS) is 16.8. The van der Waals surface area contributed by atoms with Crippen LogP contribution in [-0.2, 0) is 4.74 Å². The number of aromatic nitrogens is 4. The molecule has 8 nitrogen and oxygen atoms in total. The lowest BCUT2D eigenvalue weighted by Gasteiger charge is -2.34. The molecule has 8 heteroatoms. The number of pyridine rings is 2. The zero-order chi connectivity index (χ0) is 22.8. The van der Waals surface area contributed by atoms with Crippen molar-refractivity contribution in [2.24, 2.45) is 5.73 Å². The van der Waals surface area contributed by atoms with Crippen molar-refractivity contribution in [3.05, 3.63) is 72.8 Å².